The molecule has 3 radical (unpaired) electrons. The lowest BCUT2D eigenvalue weighted by Crippen LogP contribution is -2.00. The molecule has 71 valence electrons. The summed E-state index contributed by atoms with van der Waals surface area (Å²) in [5.41, 5.74) is 3.26. The van der Waals surface area contributed by atoms with Gasteiger partial charge in [-0.05, 0) is 23.6 Å². The molecular formula is C12H13OSi. The third-order valence-corrected chi connectivity index (χ3v) is 2.57. The number of hydrogen-bond donors (Lipinski definition) is 0. The minimum Gasteiger partial charge on any atom is -0.412 e. The summed E-state index contributed by atoms with van der Waals surface area (Å²) in [4.78, 5) is 0. The summed E-state index contributed by atoms with van der Waals surface area (Å²) in [5, 5.41) is 0. The van der Waals surface area contributed by atoms with Crippen LogP contribution in [0.15, 0.2) is 31.4 Å². The van der Waals surface area contributed by atoms with Crippen molar-refractivity contribution in [2.75, 3.05) is 0 Å². The maximum Gasteiger partial charge on any atom is 0.247 e. The normalized spacial score (nSPS) is 12.1. The highest BCUT2D eigenvalue weighted by molar-refractivity contribution is 5.98. The van der Waals surface area contributed by atoms with Crippen LogP contribution in [0.25, 0.3) is 12.2 Å². The standard InChI is InChI=1S/C12H13OSi/c1-4-10-7-6-8-12(9(3)13-14)11(10)5-2/h4-9H,1-2H2,3H3. The molecule has 0 heterocycles. The van der Waals surface area contributed by atoms with Crippen LogP contribution in [0.5, 0.6) is 0 Å². The molecule has 0 spiro atoms. The first kappa shape index (κ1) is 11.0. The zero-order valence-corrected chi connectivity index (χ0v) is 9.29. The van der Waals surface area contributed by atoms with Gasteiger partial charge in [-0.3, -0.25) is 0 Å². The van der Waals surface area contributed by atoms with E-state index in [1.165, 1.54) is 0 Å². The minimum atomic E-state index is -0.000401. The zero-order valence-electron chi connectivity index (χ0n) is 8.29. The molecule has 1 aromatic carbocycles. The summed E-state index contributed by atoms with van der Waals surface area (Å²) in [6, 6.07) is 6.02. The maximum atomic E-state index is 5.10. The fraction of sp³-hybridized carbons (Fsp3) is 0.167. The van der Waals surface area contributed by atoms with Crippen LogP contribution in [0, 0.1) is 0 Å². The quantitative estimate of drug-likeness (QED) is 0.680. The predicted octanol–water partition coefficient (Wildman–Crippen LogP) is 3.13. The lowest BCUT2D eigenvalue weighted by atomic mass is 9.98. The van der Waals surface area contributed by atoms with Crippen LogP contribution in [0.1, 0.15) is 29.7 Å². The van der Waals surface area contributed by atoms with Gasteiger partial charge in [0.15, 0.2) is 0 Å². The third-order valence-electron chi connectivity index (χ3n) is 2.21. The van der Waals surface area contributed by atoms with E-state index in [0.29, 0.717) is 0 Å². The van der Waals surface area contributed by atoms with Crippen LogP contribution in [-0.4, -0.2) is 10.5 Å². The molecule has 1 unspecified atom stereocenters. The van der Waals surface area contributed by atoms with Crippen molar-refractivity contribution >= 4 is 22.6 Å². The molecule has 0 aliphatic rings. The van der Waals surface area contributed by atoms with Gasteiger partial charge in [-0.2, -0.15) is 0 Å². The van der Waals surface area contributed by atoms with Crippen LogP contribution in [0.2, 0.25) is 0 Å². The van der Waals surface area contributed by atoms with Gasteiger partial charge in [0.2, 0.25) is 10.5 Å². The summed E-state index contributed by atoms with van der Waals surface area (Å²) in [5.74, 6) is 0. The first-order valence-corrected chi connectivity index (χ1v) is 4.85. The van der Waals surface area contributed by atoms with E-state index in [2.05, 4.69) is 23.6 Å². The second kappa shape index (κ2) is 4.93. The van der Waals surface area contributed by atoms with E-state index in [1.807, 2.05) is 37.3 Å². The monoisotopic (exact) mass is 201 g/mol. The zero-order chi connectivity index (χ0) is 10.6. The largest absolute Gasteiger partial charge is 0.412 e. The van der Waals surface area contributed by atoms with Gasteiger partial charge in [-0.15, -0.1) is 0 Å². The van der Waals surface area contributed by atoms with Gasteiger partial charge in [-0.1, -0.05) is 43.5 Å². The second-order valence-corrected chi connectivity index (χ2v) is 3.25. The van der Waals surface area contributed by atoms with Crippen molar-refractivity contribution < 1.29 is 4.43 Å². The molecule has 0 bridgehead atoms. The molecule has 0 aliphatic carbocycles. The van der Waals surface area contributed by atoms with E-state index < -0.39 is 0 Å². The SMILES string of the molecule is C=Cc1cccc(C(C)O[Si])c1C=C. The highest BCUT2D eigenvalue weighted by atomic mass is 28.2. The third kappa shape index (κ3) is 2.03. The number of hydrogen-bond acceptors (Lipinski definition) is 1. The molecule has 1 atom stereocenters. The van der Waals surface area contributed by atoms with Crippen molar-refractivity contribution in [2.24, 2.45) is 0 Å². The topological polar surface area (TPSA) is 9.23 Å². The average molecular weight is 201 g/mol. The van der Waals surface area contributed by atoms with E-state index in [4.69, 9.17) is 4.43 Å². The summed E-state index contributed by atoms with van der Waals surface area (Å²) in [7, 11) is 3.05. The Balaban J connectivity index is 3.28. The highest BCUT2D eigenvalue weighted by Crippen LogP contribution is 2.24. The van der Waals surface area contributed by atoms with Crippen molar-refractivity contribution in [3.63, 3.8) is 0 Å². The van der Waals surface area contributed by atoms with Crippen molar-refractivity contribution in [3.8, 4) is 0 Å². The average Bonchev–Trinajstić information content (AvgIpc) is 2.26. The molecule has 0 aromatic heterocycles. The van der Waals surface area contributed by atoms with Gasteiger partial charge >= 0.3 is 0 Å². The Morgan fingerprint density at radius 3 is 2.57 bits per heavy atom. The van der Waals surface area contributed by atoms with Gasteiger partial charge in [0, 0.05) is 0 Å². The molecule has 0 aliphatic heterocycles. The van der Waals surface area contributed by atoms with Crippen LogP contribution >= 0.6 is 0 Å². The Labute approximate surface area is 88.6 Å². The van der Waals surface area contributed by atoms with Crippen molar-refractivity contribution in [2.45, 2.75) is 13.0 Å². The second-order valence-electron chi connectivity index (χ2n) is 3.02. The van der Waals surface area contributed by atoms with Crippen LogP contribution in [0.4, 0.5) is 0 Å². The van der Waals surface area contributed by atoms with E-state index in [-0.39, 0.29) is 6.10 Å². The maximum absolute atomic E-state index is 5.10. The molecule has 0 N–H and O–H groups in total. The summed E-state index contributed by atoms with van der Waals surface area (Å²) < 4.78 is 5.10. The van der Waals surface area contributed by atoms with Crippen LogP contribution < -0.4 is 0 Å². The highest BCUT2D eigenvalue weighted by Gasteiger charge is 2.09. The molecule has 1 aromatic rings. The molecule has 1 nitrogen and oxygen atoms in total. The smallest absolute Gasteiger partial charge is 0.247 e. The van der Waals surface area contributed by atoms with Gasteiger partial charge in [0.25, 0.3) is 0 Å². The van der Waals surface area contributed by atoms with Crippen LogP contribution in [0.3, 0.4) is 0 Å². The van der Waals surface area contributed by atoms with E-state index >= 15 is 0 Å². The molecule has 0 saturated heterocycles. The molecule has 2 heteroatoms. The van der Waals surface area contributed by atoms with Gasteiger partial charge in [0.05, 0.1) is 6.10 Å². The molecular weight excluding hydrogens is 188 g/mol. The van der Waals surface area contributed by atoms with Crippen molar-refractivity contribution in [1.29, 1.82) is 0 Å². The number of rotatable bonds is 4. The minimum absolute atomic E-state index is 0.000401. The number of benzene rings is 1. The Morgan fingerprint density at radius 2 is 2.07 bits per heavy atom. The fourth-order valence-electron chi connectivity index (χ4n) is 1.43. The summed E-state index contributed by atoms with van der Waals surface area (Å²) >= 11 is 0. The van der Waals surface area contributed by atoms with E-state index in [9.17, 15) is 0 Å². The lowest BCUT2D eigenvalue weighted by Gasteiger charge is -2.15. The Bertz CT molecular complexity index is 344. The molecule has 0 fully saturated rings. The first-order chi connectivity index (χ1) is 6.74. The Kier molecular flexibility index (Phi) is 3.86. The molecule has 0 saturated carbocycles. The van der Waals surface area contributed by atoms with Crippen LogP contribution in [-0.2, 0) is 4.43 Å². The van der Waals surface area contributed by atoms with Crippen molar-refractivity contribution in [3.05, 3.63) is 48.0 Å². The Hall–Kier alpha value is -1.12. The van der Waals surface area contributed by atoms with Gasteiger partial charge in [-0.25, -0.2) is 0 Å². The molecule has 14 heavy (non-hydrogen) atoms. The van der Waals surface area contributed by atoms with Crippen molar-refractivity contribution in [1.82, 2.24) is 0 Å². The molecule has 1 rings (SSSR count). The lowest BCUT2D eigenvalue weighted by molar-refractivity contribution is 0.250. The fourth-order valence-corrected chi connectivity index (χ4v) is 1.56. The summed E-state index contributed by atoms with van der Waals surface area (Å²) in [6.45, 7) is 9.54. The Morgan fingerprint density at radius 1 is 1.36 bits per heavy atom. The van der Waals surface area contributed by atoms with Gasteiger partial charge in [0.1, 0.15) is 0 Å². The molecule has 0 amide bonds. The first-order valence-electron chi connectivity index (χ1n) is 4.44. The van der Waals surface area contributed by atoms with E-state index in [1.54, 1.807) is 0 Å². The summed E-state index contributed by atoms with van der Waals surface area (Å²) in [6.07, 6.45) is 3.65. The van der Waals surface area contributed by atoms with Gasteiger partial charge < -0.3 is 4.43 Å². The predicted molar refractivity (Wildman–Crippen MR) is 61.9 cm³/mol. The van der Waals surface area contributed by atoms with E-state index in [0.717, 1.165) is 16.7 Å².